The topological polar surface area (TPSA) is 48.3 Å². The molecule has 0 aliphatic heterocycles. The van der Waals surface area contributed by atoms with E-state index in [-0.39, 0.29) is 0 Å². The molecule has 2 aromatic rings. The van der Waals surface area contributed by atoms with E-state index >= 15 is 0 Å². The van der Waals surface area contributed by atoms with E-state index in [4.69, 9.17) is 9.47 Å². The van der Waals surface area contributed by atoms with Crippen LogP contribution in [-0.2, 0) is 6.54 Å². The van der Waals surface area contributed by atoms with Crippen molar-refractivity contribution in [3.05, 3.63) is 35.7 Å². The molecule has 0 aliphatic carbocycles. The number of hydrogen-bond donors (Lipinski definition) is 1. The number of ether oxygens (including phenoxy) is 2. The first-order chi connectivity index (χ1) is 10.6. The summed E-state index contributed by atoms with van der Waals surface area (Å²) in [6.07, 6.45) is 3.03. The highest BCUT2D eigenvalue weighted by Crippen LogP contribution is 2.29. The predicted octanol–water partition coefficient (Wildman–Crippen LogP) is 3.09. The monoisotopic (exact) mass is 303 g/mol. The van der Waals surface area contributed by atoms with E-state index in [1.165, 1.54) is 5.56 Å². The Kier molecular flexibility index (Phi) is 5.44. The van der Waals surface area contributed by atoms with Crippen LogP contribution in [0.1, 0.15) is 31.5 Å². The summed E-state index contributed by atoms with van der Waals surface area (Å²) >= 11 is 0. The van der Waals surface area contributed by atoms with Crippen LogP contribution in [0.4, 0.5) is 0 Å². The summed E-state index contributed by atoms with van der Waals surface area (Å²) in [6, 6.07) is 6.31. The lowest BCUT2D eigenvalue weighted by Crippen LogP contribution is -2.24. The quantitative estimate of drug-likeness (QED) is 0.854. The van der Waals surface area contributed by atoms with Gasteiger partial charge in [0.05, 0.1) is 26.1 Å². The number of methoxy groups -OCH3 is 2. The molecule has 1 aromatic heterocycles. The Balaban J connectivity index is 2.24. The van der Waals surface area contributed by atoms with E-state index < -0.39 is 0 Å². The molecular formula is C17H25N3O2. The standard InChI is InChI=1S/C17H25N3O2/c1-6-12(2)18-10-14-11-19-20(13(14)3)15-7-8-16(21-4)17(9-15)22-5/h7-9,11-12,18H,6,10H2,1-5H3. The second kappa shape index (κ2) is 7.31. The third-order valence-corrected chi connectivity index (χ3v) is 3.98. The highest BCUT2D eigenvalue weighted by atomic mass is 16.5. The molecule has 1 unspecified atom stereocenters. The molecule has 5 nitrogen and oxygen atoms in total. The zero-order chi connectivity index (χ0) is 16.1. The van der Waals surface area contributed by atoms with Gasteiger partial charge in [-0.3, -0.25) is 0 Å². The molecule has 0 saturated heterocycles. The Morgan fingerprint density at radius 2 is 1.95 bits per heavy atom. The van der Waals surface area contributed by atoms with E-state index in [1.807, 2.05) is 29.1 Å². The van der Waals surface area contributed by atoms with Gasteiger partial charge in [0.2, 0.25) is 0 Å². The van der Waals surface area contributed by atoms with Gasteiger partial charge in [-0.15, -0.1) is 0 Å². The van der Waals surface area contributed by atoms with Crippen LogP contribution in [0.3, 0.4) is 0 Å². The van der Waals surface area contributed by atoms with Crippen molar-refractivity contribution in [3.8, 4) is 17.2 Å². The van der Waals surface area contributed by atoms with Crippen molar-refractivity contribution >= 4 is 0 Å². The average molecular weight is 303 g/mol. The maximum atomic E-state index is 5.36. The zero-order valence-corrected chi connectivity index (χ0v) is 14.0. The van der Waals surface area contributed by atoms with Crippen LogP contribution in [0.2, 0.25) is 0 Å². The lowest BCUT2D eigenvalue weighted by molar-refractivity contribution is 0.354. The predicted molar refractivity (Wildman–Crippen MR) is 88.0 cm³/mol. The first-order valence-corrected chi connectivity index (χ1v) is 7.60. The maximum Gasteiger partial charge on any atom is 0.162 e. The van der Waals surface area contributed by atoms with Gasteiger partial charge >= 0.3 is 0 Å². The fourth-order valence-corrected chi connectivity index (χ4v) is 2.26. The van der Waals surface area contributed by atoms with Gasteiger partial charge in [-0.2, -0.15) is 5.10 Å². The Morgan fingerprint density at radius 3 is 2.59 bits per heavy atom. The van der Waals surface area contributed by atoms with Crippen molar-refractivity contribution in [1.29, 1.82) is 0 Å². The minimum absolute atomic E-state index is 0.504. The molecule has 120 valence electrons. The van der Waals surface area contributed by atoms with Crippen molar-refractivity contribution in [1.82, 2.24) is 15.1 Å². The SMILES string of the molecule is CCC(C)NCc1cnn(-c2ccc(OC)c(OC)c2)c1C. The number of aromatic nitrogens is 2. The summed E-state index contributed by atoms with van der Waals surface area (Å²) in [6.45, 7) is 7.27. The zero-order valence-electron chi connectivity index (χ0n) is 14.0. The van der Waals surface area contributed by atoms with Crippen LogP contribution in [-0.4, -0.2) is 30.0 Å². The molecule has 1 atom stereocenters. The third kappa shape index (κ3) is 3.42. The Morgan fingerprint density at radius 1 is 1.23 bits per heavy atom. The highest BCUT2D eigenvalue weighted by Gasteiger charge is 2.11. The number of hydrogen-bond acceptors (Lipinski definition) is 4. The van der Waals surface area contributed by atoms with Gasteiger partial charge in [0, 0.05) is 29.9 Å². The summed E-state index contributed by atoms with van der Waals surface area (Å²) in [5.41, 5.74) is 3.29. The minimum Gasteiger partial charge on any atom is -0.493 e. The van der Waals surface area contributed by atoms with E-state index in [1.54, 1.807) is 14.2 Å². The molecule has 0 spiro atoms. The van der Waals surface area contributed by atoms with Crippen molar-refractivity contribution < 1.29 is 9.47 Å². The molecule has 0 fully saturated rings. The first-order valence-electron chi connectivity index (χ1n) is 7.60. The normalized spacial score (nSPS) is 12.2. The number of rotatable bonds is 7. The van der Waals surface area contributed by atoms with Crippen LogP contribution >= 0.6 is 0 Å². The van der Waals surface area contributed by atoms with Gasteiger partial charge in [-0.05, 0) is 32.4 Å². The summed E-state index contributed by atoms with van der Waals surface area (Å²) in [5, 5.41) is 8.00. The maximum absolute atomic E-state index is 5.36. The van der Waals surface area contributed by atoms with Crippen molar-refractivity contribution in [2.75, 3.05) is 14.2 Å². The molecule has 1 heterocycles. The summed E-state index contributed by atoms with van der Waals surface area (Å²) < 4.78 is 12.6. The number of benzene rings is 1. The molecule has 22 heavy (non-hydrogen) atoms. The van der Waals surface area contributed by atoms with Crippen molar-refractivity contribution in [2.24, 2.45) is 0 Å². The van der Waals surface area contributed by atoms with E-state index in [0.717, 1.165) is 30.1 Å². The molecule has 0 aliphatic rings. The molecule has 1 N–H and O–H groups in total. The average Bonchev–Trinajstić information content (AvgIpc) is 2.92. The second-order valence-corrected chi connectivity index (χ2v) is 5.40. The summed E-state index contributed by atoms with van der Waals surface area (Å²) in [5.74, 6) is 1.42. The molecule has 0 amide bonds. The van der Waals surface area contributed by atoms with E-state index in [0.29, 0.717) is 11.8 Å². The Labute approximate surface area is 132 Å². The Hall–Kier alpha value is -2.01. The van der Waals surface area contributed by atoms with Gasteiger partial charge in [-0.25, -0.2) is 4.68 Å². The fraction of sp³-hybridized carbons (Fsp3) is 0.471. The van der Waals surface area contributed by atoms with Crippen molar-refractivity contribution in [3.63, 3.8) is 0 Å². The molecule has 0 radical (unpaired) electrons. The number of nitrogens with zero attached hydrogens (tertiary/aromatic N) is 2. The second-order valence-electron chi connectivity index (χ2n) is 5.40. The molecule has 0 bridgehead atoms. The third-order valence-electron chi connectivity index (χ3n) is 3.98. The van der Waals surface area contributed by atoms with E-state index in [2.05, 4.69) is 31.2 Å². The van der Waals surface area contributed by atoms with Crippen LogP contribution < -0.4 is 14.8 Å². The Bertz CT molecular complexity index is 622. The summed E-state index contributed by atoms with van der Waals surface area (Å²) in [7, 11) is 3.27. The van der Waals surface area contributed by atoms with Gasteiger partial charge in [0.25, 0.3) is 0 Å². The fourth-order valence-electron chi connectivity index (χ4n) is 2.26. The highest BCUT2D eigenvalue weighted by molar-refractivity contribution is 5.49. The smallest absolute Gasteiger partial charge is 0.162 e. The van der Waals surface area contributed by atoms with Crippen LogP contribution in [0.25, 0.3) is 5.69 Å². The molecule has 2 rings (SSSR count). The van der Waals surface area contributed by atoms with Gasteiger partial charge in [-0.1, -0.05) is 6.92 Å². The van der Waals surface area contributed by atoms with E-state index in [9.17, 15) is 0 Å². The molecule has 0 saturated carbocycles. The van der Waals surface area contributed by atoms with Crippen LogP contribution in [0.15, 0.2) is 24.4 Å². The number of nitrogens with one attached hydrogen (secondary N) is 1. The lowest BCUT2D eigenvalue weighted by Gasteiger charge is -2.12. The van der Waals surface area contributed by atoms with Gasteiger partial charge in [0.1, 0.15) is 0 Å². The summed E-state index contributed by atoms with van der Waals surface area (Å²) in [4.78, 5) is 0. The van der Waals surface area contributed by atoms with Crippen molar-refractivity contribution in [2.45, 2.75) is 39.8 Å². The van der Waals surface area contributed by atoms with Crippen LogP contribution in [0.5, 0.6) is 11.5 Å². The van der Waals surface area contributed by atoms with Gasteiger partial charge < -0.3 is 14.8 Å². The molecule has 1 aromatic carbocycles. The largest absolute Gasteiger partial charge is 0.493 e. The minimum atomic E-state index is 0.504. The lowest BCUT2D eigenvalue weighted by atomic mass is 10.2. The van der Waals surface area contributed by atoms with Gasteiger partial charge in [0.15, 0.2) is 11.5 Å². The molecular weight excluding hydrogens is 278 g/mol. The molecule has 5 heteroatoms. The van der Waals surface area contributed by atoms with Crippen LogP contribution in [0, 0.1) is 6.92 Å². The first kappa shape index (κ1) is 16.4.